The molecule has 0 amide bonds. The van der Waals surface area contributed by atoms with E-state index in [9.17, 15) is 0 Å². The van der Waals surface area contributed by atoms with Gasteiger partial charge in [-0.25, -0.2) is 0 Å². The van der Waals surface area contributed by atoms with E-state index in [2.05, 4.69) is 31.9 Å². The highest BCUT2D eigenvalue weighted by Crippen LogP contribution is 2.25. The Balaban J connectivity index is 2.41. The van der Waals surface area contributed by atoms with Crippen molar-refractivity contribution < 1.29 is 14.2 Å². The second-order valence-electron chi connectivity index (χ2n) is 3.05. The number of methoxy groups -OCH3 is 1. The van der Waals surface area contributed by atoms with Crippen LogP contribution in [0.2, 0.25) is 0 Å². The van der Waals surface area contributed by atoms with Crippen molar-refractivity contribution in [3.05, 3.63) is 28.2 Å². The van der Waals surface area contributed by atoms with E-state index in [1.165, 1.54) is 0 Å². The van der Waals surface area contributed by atoms with Crippen LogP contribution in [0.25, 0.3) is 0 Å². The Labute approximate surface area is 112 Å². The van der Waals surface area contributed by atoms with Gasteiger partial charge >= 0.3 is 0 Å². The van der Waals surface area contributed by atoms with E-state index in [4.69, 9.17) is 14.2 Å². The number of ether oxygens (including phenoxy) is 3. The zero-order valence-corrected chi connectivity index (χ0v) is 12.2. The standard InChI is InChI=1S/C11H14Br2O3/c1-14-4-5-15-8-16-11-3-2-10(13)6-9(11)7-12/h2-3,6H,4-5,7-8H2,1H3. The molecule has 0 bridgehead atoms. The molecule has 3 nitrogen and oxygen atoms in total. The highest BCUT2D eigenvalue weighted by molar-refractivity contribution is 9.10. The van der Waals surface area contributed by atoms with Crippen LogP contribution in [-0.2, 0) is 14.8 Å². The van der Waals surface area contributed by atoms with Crippen LogP contribution < -0.4 is 4.74 Å². The number of hydrogen-bond donors (Lipinski definition) is 0. The molecule has 16 heavy (non-hydrogen) atoms. The van der Waals surface area contributed by atoms with Crippen LogP contribution >= 0.6 is 31.9 Å². The van der Waals surface area contributed by atoms with E-state index >= 15 is 0 Å². The van der Waals surface area contributed by atoms with Crippen LogP contribution in [-0.4, -0.2) is 27.1 Å². The first-order valence-electron chi connectivity index (χ1n) is 4.81. The zero-order valence-electron chi connectivity index (χ0n) is 9.04. The normalized spacial score (nSPS) is 10.4. The molecular formula is C11H14Br2O3. The maximum Gasteiger partial charge on any atom is 0.189 e. The van der Waals surface area contributed by atoms with E-state index in [1.807, 2.05) is 18.2 Å². The lowest BCUT2D eigenvalue weighted by molar-refractivity contribution is -0.00877. The molecule has 0 spiro atoms. The van der Waals surface area contributed by atoms with Gasteiger partial charge in [0.2, 0.25) is 0 Å². The van der Waals surface area contributed by atoms with Gasteiger partial charge in [0.15, 0.2) is 6.79 Å². The van der Waals surface area contributed by atoms with Crippen LogP contribution in [0.4, 0.5) is 0 Å². The molecule has 1 aromatic rings. The van der Waals surface area contributed by atoms with Crippen LogP contribution in [0.15, 0.2) is 22.7 Å². The molecule has 0 aromatic heterocycles. The van der Waals surface area contributed by atoms with Gasteiger partial charge < -0.3 is 14.2 Å². The van der Waals surface area contributed by atoms with Gasteiger partial charge in [0.25, 0.3) is 0 Å². The SMILES string of the molecule is COCCOCOc1ccc(Br)cc1CBr. The minimum Gasteiger partial charge on any atom is -0.467 e. The van der Waals surface area contributed by atoms with E-state index < -0.39 is 0 Å². The monoisotopic (exact) mass is 352 g/mol. The molecular weight excluding hydrogens is 340 g/mol. The fourth-order valence-electron chi connectivity index (χ4n) is 1.10. The van der Waals surface area contributed by atoms with Crippen LogP contribution in [0.1, 0.15) is 5.56 Å². The van der Waals surface area contributed by atoms with Gasteiger partial charge in [-0.3, -0.25) is 0 Å². The predicted octanol–water partition coefficient (Wildman–Crippen LogP) is 3.34. The molecule has 0 aliphatic rings. The molecule has 0 heterocycles. The van der Waals surface area contributed by atoms with Gasteiger partial charge in [0.05, 0.1) is 13.2 Å². The summed E-state index contributed by atoms with van der Waals surface area (Å²) in [6, 6.07) is 5.87. The van der Waals surface area contributed by atoms with Crippen molar-refractivity contribution in [1.82, 2.24) is 0 Å². The summed E-state index contributed by atoms with van der Waals surface area (Å²) in [6.45, 7) is 1.36. The Hall–Kier alpha value is -0.100. The molecule has 0 aliphatic heterocycles. The second-order valence-corrected chi connectivity index (χ2v) is 4.53. The Morgan fingerprint density at radius 3 is 2.75 bits per heavy atom. The summed E-state index contributed by atoms with van der Waals surface area (Å²) in [5.41, 5.74) is 1.09. The third-order valence-electron chi connectivity index (χ3n) is 1.90. The largest absolute Gasteiger partial charge is 0.467 e. The summed E-state index contributed by atoms with van der Waals surface area (Å²) in [4.78, 5) is 0. The average Bonchev–Trinajstić information content (AvgIpc) is 2.30. The van der Waals surface area contributed by atoms with Gasteiger partial charge in [-0.15, -0.1) is 0 Å². The molecule has 5 heteroatoms. The molecule has 1 aromatic carbocycles. The lowest BCUT2D eigenvalue weighted by atomic mass is 10.2. The van der Waals surface area contributed by atoms with Gasteiger partial charge in [0.1, 0.15) is 5.75 Å². The molecule has 0 atom stereocenters. The molecule has 0 fully saturated rings. The van der Waals surface area contributed by atoms with E-state index in [-0.39, 0.29) is 6.79 Å². The van der Waals surface area contributed by atoms with Crippen LogP contribution in [0.5, 0.6) is 5.75 Å². The summed E-state index contributed by atoms with van der Waals surface area (Å²) in [5.74, 6) is 0.831. The number of hydrogen-bond acceptors (Lipinski definition) is 3. The first kappa shape index (κ1) is 14.0. The Kier molecular flexibility index (Phi) is 7.03. The van der Waals surface area contributed by atoms with E-state index in [0.717, 1.165) is 21.1 Å². The van der Waals surface area contributed by atoms with Crippen molar-refractivity contribution >= 4 is 31.9 Å². The molecule has 0 saturated carbocycles. The Bertz CT molecular complexity index is 318. The van der Waals surface area contributed by atoms with Crippen molar-refractivity contribution in [3.63, 3.8) is 0 Å². The number of benzene rings is 1. The smallest absolute Gasteiger partial charge is 0.189 e. The van der Waals surface area contributed by atoms with Crippen molar-refractivity contribution in [2.24, 2.45) is 0 Å². The molecule has 0 aliphatic carbocycles. The topological polar surface area (TPSA) is 27.7 Å². The average molecular weight is 354 g/mol. The fourth-order valence-corrected chi connectivity index (χ4v) is 1.95. The van der Waals surface area contributed by atoms with Crippen molar-refractivity contribution in [3.8, 4) is 5.75 Å². The molecule has 1 rings (SSSR count). The molecule has 0 unspecified atom stereocenters. The van der Waals surface area contributed by atoms with Crippen LogP contribution in [0, 0.1) is 0 Å². The summed E-state index contributed by atoms with van der Waals surface area (Å²) in [5, 5.41) is 0.750. The molecule has 90 valence electrons. The minimum atomic E-state index is 0.241. The summed E-state index contributed by atoms with van der Waals surface area (Å²) >= 11 is 6.83. The summed E-state index contributed by atoms with van der Waals surface area (Å²) in [6.07, 6.45) is 0. The first-order chi connectivity index (χ1) is 7.77. The summed E-state index contributed by atoms with van der Waals surface area (Å²) in [7, 11) is 1.64. The van der Waals surface area contributed by atoms with E-state index in [1.54, 1.807) is 7.11 Å². The third kappa shape index (κ3) is 4.82. The predicted molar refractivity (Wildman–Crippen MR) is 70.1 cm³/mol. The van der Waals surface area contributed by atoms with Crippen LogP contribution in [0.3, 0.4) is 0 Å². The minimum absolute atomic E-state index is 0.241. The molecule has 0 radical (unpaired) electrons. The Morgan fingerprint density at radius 2 is 2.06 bits per heavy atom. The number of alkyl halides is 1. The van der Waals surface area contributed by atoms with Gasteiger partial charge in [-0.1, -0.05) is 31.9 Å². The highest BCUT2D eigenvalue weighted by Gasteiger charge is 2.03. The lowest BCUT2D eigenvalue weighted by Gasteiger charge is -2.10. The molecule has 0 saturated heterocycles. The van der Waals surface area contributed by atoms with Crippen molar-refractivity contribution in [1.29, 1.82) is 0 Å². The van der Waals surface area contributed by atoms with Gasteiger partial charge in [0, 0.05) is 22.5 Å². The maximum absolute atomic E-state index is 5.50. The van der Waals surface area contributed by atoms with Gasteiger partial charge in [-0.05, 0) is 18.2 Å². The molecule has 0 N–H and O–H groups in total. The fraction of sp³-hybridized carbons (Fsp3) is 0.455. The number of rotatable bonds is 7. The third-order valence-corrected chi connectivity index (χ3v) is 2.99. The highest BCUT2D eigenvalue weighted by atomic mass is 79.9. The van der Waals surface area contributed by atoms with Crippen molar-refractivity contribution in [2.45, 2.75) is 5.33 Å². The lowest BCUT2D eigenvalue weighted by Crippen LogP contribution is -2.08. The first-order valence-corrected chi connectivity index (χ1v) is 6.73. The Morgan fingerprint density at radius 1 is 1.25 bits per heavy atom. The van der Waals surface area contributed by atoms with E-state index in [0.29, 0.717) is 13.2 Å². The van der Waals surface area contributed by atoms with Crippen molar-refractivity contribution in [2.75, 3.05) is 27.1 Å². The number of halogens is 2. The second kappa shape index (κ2) is 8.06. The quantitative estimate of drug-likeness (QED) is 0.427. The maximum atomic E-state index is 5.50. The summed E-state index contributed by atoms with van der Waals surface area (Å²) < 4.78 is 16.6. The van der Waals surface area contributed by atoms with Gasteiger partial charge in [-0.2, -0.15) is 0 Å². The zero-order chi connectivity index (χ0) is 11.8.